The van der Waals surface area contributed by atoms with Crippen molar-refractivity contribution in [2.45, 2.75) is 19.9 Å². The number of aryl methyl sites for hydroxylation is 1. The Morgan fingerprint density at radius 3 is 2.79 bits per heavy atom. The molecule has 0 bridgehead atoms. The molecule has 0 saturated heterocycles. The second kappa shape index (κ2) is 7.67. The molecule has 0 spiro atoms. The quantitative estimate of drug-likeness (QED) is 0.624. The molecule has 148 valence electrons. The molecule has 1 aromatic heterocycles. The number of hydrogen-bond acceptors (Lipinski definition) is 6. The number of benzene rings is 2. The van der Waals surface area contributed by atoms with Crippen molar-refractivity contribution in [3.63, 3.8) is 0 Å². The lowest BCUT2D eigenvalue weighted by Gasteiger charge is -2.29. The van der Waals surface area contributed by atoms with Crippen LogP contribution < -0.4 is 15.4 Å². The van der Waals surface area contributed by atoms with Crippen molar-refractivity contribution >= 4 is 33.5 Å². The van der Waals surface area contributed by atoms with Gasteiger partial charge in [-0.25, -0.2) is 0 Å². The van der Waals surface area contributed by atoms with Crippen LogP contribution in [0.5, 0.6) is 5.75 Å². The van der Waals surface area contributed by atoms with Crippen molar-refractivity contribution in [3.8, 4) is 5.75 Å². The zero-order valence-corrected chi connectivity index (χ0v) is 17.7. The number of ether oxygens (including phenoxy) is 1. The summed E-state index contributed by atoms with van der Waals surface area (Å²) in [6.07, 6.45) is 0. The Kier molecular flexibility index (Phi) is 5.06. The van der Waals surface area contributed by atoms with Crippen LogP contribution in [0.1, 0.15) is 24.1 Å². The SMILES string of the molecule is COc1ccc(Br)cc1C1C(C(=O)Nc2ccccc2C)=C(C)Nc2nnnn21. The van der Waals surface area contributed by atoms with E-state index in [0.29, 0.717) is 23.0 Å². The summed E-state index contributed by atoms with van der Waals surface area (Å²) in [7, 11) is 1.60. The zero-order valence-electron chi connectivity index (χ0n) is 16.1. The lowest BCUT2D eigenvalue weighted by molar-refractivity contribution is -0.113. The lowest BCUT2D eigenvalue weighted by Crippen LogP contribution is -2.32. The maximum atomic E-state index is 13.4. The molecule has 1 aliphatic heterocycles. The fourth-order valence-electron chi connectivity index (χ4n) is 3.42. The lowest BCUT2D eigenvalue weighted by atomic mass is 9.94. The number of aromatic nitrogens is 4. The van der Waals surface area contributed by atoms with Gasteiger partial charge < -0.3 is 15.4 Å². The standard InChI is InChI=1S/C20H19BrN6O2/c1-11-6-4-5-7-15(11)23-19(28)17-12(2)22-20-24-25-26-27(20)18(17)14-10-13(21)8-9-16(14)29-3/h4-10,18H,1-3H3,(H,23,28)(H,22,24,26). The summed E-state index contributed by atoms with van der Waals surface area (Å²) in [5.74, 6) is 0.856. The minimum absolute atomic E-state index is 0.238. The average Bonchev–Trinajstić information content (AvgIpc) is 3.16. The predicted octanol–water partition coefficient (Wildman–Crippen LogP) is 3.68. The second-order valence-electron chi connectivity index (χ2n) is 6.67. The highest BCUT2D eigenvalue weighted by Gasteiger charge is 2.36. The van der Waals surface area contributed by atoms with Gasteiger partial charge >= 0.3 is 0 Å². The van der Waals surface area contributed by atoms with E-state index in [1.165, 1.54) is 0 Å². The number of carbonyl (C=O) groups excluding carboxylic acids is 1. The second-order valence-corrected chi connectivity index (χ2v) is 7.58. The van der Waals surface area contributed by atoms with Gasteiger partial charge in [-0.2, -0.15) is 4.68 Å². The number of allylic oxidation sites excluding steroid dienone is 1. The monoisotopic (exact) mass is 454 g/mol. The van der Waals surface area contributed by atoms with Crippen molar-refractivity contribution in [2.24, 2.45) is 0 Å². The number of fused-ring (bicyclic) bond motifs is 1. The van der Waals surface area contributed by atoms with E-state index in [1.54, 1.807) is 11.8 Å². The Hall–Kier alpha value is -3.20. The largest absolute Gasteiger partial charge is 0.496 e. The van der Waals surface area contributed by atoms with E-state index in [9.17, 15) is 4.79 Å². The number of nitrogens with one attached hydrogen (secondary N) is 2. The first-order valence-electron chi connectivity index (χ1n) is 8.95. The minimum Gasteiger partial charge on any atom is -0.496 e. The van der Waals surface area contributed by atoms with E-state index in [-0.39, 0.29) is 5.91 Å². The van der Waals surface area contributed by atoms with Crippen LogP contribution in [-0.4, -0.2) is 33.2 Å². The van der Waals surface area contributed by atoms with Crippen molar-refractivity contribution in [1.82, 2.24) is 20.2 Å². The van der Waals surface area contributed by atoms with E-state index in [4.69, 9.17) is 4.74 Å². The maximum absolute atomic E-state index is 13.4. The first-order chi connectivity index (χ1) is 14.0. The number of nitrogens with zero attached hydrogens (tertiary/aromatic N) is 4. The topological polar surface area (TPSA) is 94.0 Å². The van der Waals surface area contributed by atoms with Crippen LogP contribution >= 0.6 is 15.9 Å². The minimum atomic E-state index is -0.558. The third-order valence-electron chi connectivity index (χ3n) is 4.84. The van der Waals surface area contributed by atoms with Gasteiger partial charge in [0.05, 0.1) is 12.7 Å². The fraction of sp³-hybridized carbons (Fsp3) is 0.200. The zero-order chi connectivity index (χ0) is 20.5. The number of methoxy groups -OCH3 is 1. The fourth-order valence-corrected chi connectivity index (χ4v) is 3.79. The van der Waals surface area contributed by atoms with E-state index < -0.39 is 6.04 Å². The number of anilines is 2. The van der Waals surface area contributed by atoms with Crippen LogP contribution in [0.4, 0.5) is 11.6 Å². The predicted molar refractivity (Wildman–Crippen MR) is 113 cm³/mol. The summed E-state index contributed by atoms with van der Waals surface area (Å²) in [5.41, 5.74) is 3.67. The summed E-state index contributed by atoms with van der Waals surface area (Å²) in [5, 5.41) is 18.0. The molecule has 1 atom stereocenters. The number of tetrazole rings is 1. The first kappa shape index (κ1) is 19.1. The highest BCUT2D eigenvalue weighted by molar-refractivity contribution is 9.10. The smallest absolute Gasteiger partial charge is 0.255 e. The van der Waals surface area contributed by atoms with Gasteiger partial charge in [0.2, 0.25) is 5.95 Å². The maximum Gasteiger partial charge on any atom is 0.255 e. The Morgan fingerprint density at radius 2 is 2.03 bits per heavy atom. The van der Waals surface area contributed by atoms with E-state index in [1.807, 2.05) is 56.3 Å². The van der Waals surface area contributed by atoms with E-state index in [2.05, 4.69) is 42.1 Å². The van der Waals surface area contributed by atoms with Crippen molar-refractivity contribution in [2.75, 3.05) is 17.7 Å². The summed E-state index contributed by atoms with van der Waals surface area (Å²) in [6, 6.07) is 12.7. The number of para-hydroxylation sites is 1. The van der Waals surface area contributed by atoms with E-state index >= 15 is 0 Å². The van der Waals surface area contributed by atoms with Crippen molar-refractivity contribution in [1.29, 1.82) is 0 Å². The number of rotatable bonds is 4. The van der Waals surface area contributed by atoms with Crippen molar-refractivity contribution < 1.29 is 9.53 Å². The van der Waals surface area contributed by atoms with Crippen LogP contribution in [0, 0.1) is 6.92 Å². The van der Waals surface area contributed by atoms with Crippen molar-refractivity contribution in [3.05, 3.63) is 69.3 Å². The third kappa shape index (κ3) is 3.49. The summed E-state index contributed by atoms with van der Waals surface area (Å²) < 4.78 is 8.01. The van der Waals surface area contributed by atoms with Gasteiger partial charge in [0.15, 0.2) is 0 Å². The third-order valence-corrected chi connectivity index (χ3v) is 5.33. The molecule has 2 N–H and O–H groups in total. The molecule has 29 heavy (non-hydrogen) atoms. The molecular formula is C20H19BrN6O2. The molecule has 1 unspecified atom stereocenters. The van der Waals surface area contributed by atoms with Gasteiger partial charge in [-0.15, -0.1) is 0 Å². The summed E-state index contributed by atoms with van der Waals surface area (Å²) in [4.78, 5) is 13.4. The van der Waals surface area contributed by atoms with Gasteiger partial charge in [-0.1, -0.05) is 39.2 Å². The summed E-state index contributed by atoms with van der Waals surface area (Å²) >= 11 is 3.51. The van der Waals surface area contributed by atoms with Crippen LogP contribution in [0.3, 0.4) is 0 Å². The van der Waals surface area contributed by atoms with Gasteiger partial charge in [-0.05, 0) is 54.1 Å². The molecule has 4 rings (SSSR count). The van der Waals surface area contributed by atoms with Gasteiger partial charge in [0.1, 0.15) is 11.8 Å². The Labute approximate surface area is 176 Å². The molecule has 1 aliphatic rings. The first-order valence-corrected chi connectivity index (χ1v) is 9.75. The van der Waals surface area contributed by atoms with Crippen LogP contribution in [0.15, 0.2) is 58.2 Å². The van der Waals surface area contributed by atoms with Gasteiger partial charge in [-0.3, -0.25) is 4.79 Å². The van der Waals surface area contributed by atoms with Crippen LogP contribution in [0.25, 0.3) is 0 Å². The molecule has 3 aromatic rings. The Balaban J connectivity index is 1.84. The highest BCUT2D eigenvalue weighted by Crippen LogP contribution is 2.40. The number of hydrogen-bond donors (Lipinski definition) is 2. The molecule has 8 nitrogen and oxygen atoms in total. The summed E-state index contributed by atoms with van der Waals surface area (Å²) in [6.45, 7) is 3.78. The average molecular weight is 455 g/mol. The molecule has 0 radical (unpaired) electrons. The van der Waals surface area contributed by atoms with Crippen LogP contribution in [-0.2, 0) is 4.79 Å². The molecular weight excluding hydrogens is 436 g/mol. The molecule has 2 heterocycles. The Bertz CT molecular complexity index is 1120. The van der Waals surface area contributed by atoms with Crippen LogP contribution in [0.2, 0.25) is 0 Å². The van der Waals surface area contributed by atoms with Gasteiger partial charge in [0, 0.05) is 21.4 Å². The number of amides is 1. The van der Waals surface area contributed by atoms with Gasteiger partial charge in [0.25, 0.3) is 5.91 Å². The molecule has 0 aliphatic carbocycles. The van der Waals surface area contributed by atoms with E-state index in [0.717, 1.165) is 21.3 Å². The molecule has 1 amide bonds. The Morgan fingerprint density at radius 1 is 1.24 bits per heavy atom. The number of halogens is 1. The molecule has 2 aromatic carbocycles. The molecule has 0 saturated carbocycles. The number of carbonyl (C=O) groups is 1. The normalized spacial score (nSPS) is 15.5. The highest BCUT2D eigenvalue weighted by atomic mass is 79.9. The molecule has 0 fully saturated rings. The molecule has 9 heteroatoms.